The molecule has 7 nitrogen and oxygen atoms in total. The average molecular weight is 289 g/mol. The van der Waals surface area contributed by atoms with Gasteiger partial charge in [0.1, 0.15) is 5.82 Å². The van der Waals surface area contributed by atoms with Gasteiger partial charge in [0.15, 0.2) is 5.03 Å². The number of aryl methyl sites for hydroxylation is 2. The van der Waals surface area contributed by atoms with Crippen molar-refractivity contribution in [3.05, 3.63) is 12.0 Å². The average Bonchev–Trinajstić information content (AvgIpc) is 2.71. The minimum Gasteiger partial charge on any atom is -0.481 e. The molecule has 8 heteroatoms. The Bertz CT molecular complexity index is 550. The number of rotatable bonds is 7. The molecule has 0 aliphatic rings. The molecule has 0 aliphatic carbocycles. The van der Waals surface area contributed by atoms with E-state index in [1.807, 2.05) is 6.92 Å². The number of carbonyl (C=O) groups is 1. The molecular formula is C11H19N3O4S. The first-order chi connectivity index (χ1) is 8.81. The summed E-state index contributed by atoms with van der Waals surface area (Å²) in [5, 5.41) is 8.80. The zero-order valence-electron chi connectivity index (χ0n) is 11.3. The standard InChI is InChI=1S/C11H19N3O4S/c1-4-9(11(15)16)6-12-19(17,18)10-7-14(5-2)8(3)13-10/h7,9,12H,4-6H2,1-3H3,(H,15,16). The summed E-state index contributed by atoms with van der Waals surface area (Å²) in [6, 6.07) is 0. The van der Waals surface area contributed by atoms with E-state index in [2.05, 4.69) is 9.71 Å². The minimum atomic E-state index is -3.76. The number of hydrogen-bond donors (Lipinski definition) is 2. The van der Waals surface area contributed by atoms with E-state index in [1.54, 1.807) is 18.4 Å². The van der Waals surface area contributed by atoms with Crippen molar-refractivity contribution in [1.82, 2.24) is 14.3 Å². The molecule has 1 aromatic heterocycles. The highest BCUT2D eigenvalue weighted by Gasteiger charge is 2.22. The molecule has 0 saturated carbocycles. The number of imidazole rings is 1. The number of sulfonamides is 1. The van der Waals surface area contributed by atoms with Gasteiger partial charge in [0.2, 0.25) is 0 Å². The fraction of sp³-hybridized carbons (Fsp3) is 0.636. The number of carboxylic acids is 1. The second-order valence-electron chi connectivity index (χ2n) is 4.21. The normalized spacial score (nSPS) is 13.4. The van der Waals surface area contributed by atoms with Crippen LogP contribution in [0.3, 0.4) is 0 Å². The SMILES string of the molecule is CCC(CNS(=O)(=O)c1cn(CC)c(C)n1)C(=O)O. The Labute approximate surface area is 112 Å². The second-order valence-corrected chi connectivity index (χ2v) is 5.92. The van der Waals surface area contributed by atoms with Crippen molar-refractivity contribution in [2.24, 2.45) is 5.92 Å². The summed E-state index contributed by atoms with van der Waals surface area (Å²) in [5.41, 5.74) is 0. The van der Waals surface area contributed by atoms with Crippen LogP contribution in [0.2, 0.25) is 0 Å². The van der Waals surface area contributed by atoms with Gasteiger partial charge in [-0.3, -0.25) is 4.79 Å². The van der Waals surface area contributed by atoms with Gasteiger partial charge in [-0.2, -0.15) is 0 Å². The molecule has 0 saturated heterocycles. The molecule has 0 spiro atoms. The van der Waals surface area contributed by atoms with Gasteiger partial charge in [-0.1, -0.05) is 6.92 Å². The van der Waals surface area contributed by atoms with Crippen molar-refractivity contribution in [2.45, 2.75) is 38.8 Å². The summed E-state index contributed by atoms with van der Waals surface area (Å²) in [6.07, 6.45) is 1.81. The molecular weight excluding hydrogens is 270 g/mol. The maximum atomic E-state index is 12.0. The molecule has 19 heavy (non-hydrogen) atoms. The summed E-state index contributed by atoms with van der Waals surface area (Å²) in [4.78, 5) is 14.8. The quantitative estimate of drug-likeness (QED) is 0.765. The second kappa shape index (κ2) is 6.16. The van der Waals surface area contributed by atoms with Crippen LogP contribution in [0.4, 0.5) is 0 Å². The van der Waals surface area contributed by atoms with Gasteiger partial charge in [-0.25, -0.2) is 18.1 Å². The molecule has 108 valence electrons. The Hall–Kier alpha value is -1.41. The van der Waals surface area contributed by atoms with E-state index in [0.717, 1.165) is 0 Å². The molecule has 0 bridgehead atoms. The summed E-state index contributed by atoms with van der Waals surface area (Å²) in [7, 11) is -3.76. The van der Waals surface area contributed by atoms with Gasteiger partial charge < -0.3 is 9.67 Å². The molecule has 1 rings (SSSR count). The number of aromatic nitrogens is 2. The summed E-state index contributed by atoms with van der Waals surface area (Å²) in [5.74, 6) is -1.14. The largest absolute Gasteiger partial charge is 0.481 e. The summed E-state index contributed by atoms with van der Waals surface area (Å²) in [6.45, 7) is 5.79. The lowest BCUT2D eigenvalue weighted by Crippen LogP contribution is -2.32. The first-order valence-corrected chi connectivity index (χ1v) is 7.56. The fourth-order valence-electron chi connectivity index (χ4n) is 1.62. The Kier molecular flexibility index (Phi) is 5.07. The third-order valence-corrected chi connectivity index (χ3v) is 4.23. The van der Waals surface area contributed by atoms with E-state index in [4.69, 9.17) is 5.11 Å². The third kappa shape index (κ3) is 3.77. The van der Waals surface area contributed by atoms with Crippen LogP contribution < -0.4 is 4.72 Å². The molecule has 0 radical (unpaired) electrons. The van der Waals surface area contributed by atoms with Gasteiger partial charge >= 0.3 is 5.97 Å². The molecule has 1 atom stereocenters. The van der Waals surface area contributed by atoms with Gasteiger partial charge in [0.25, 0.3) is 10.0 Å². The van der Waals surface area contributed by atoms with Crippen molar-refractivity contribution < 1.29 is 18.3 Å². The van der Waals surface area contributed by atoms with E-state index in [0.29, 0.717) is 18.8 Å². The summed E-state index contributed by atoms with van der Waals surface area (Å²) < 4.78 is 28.0. The zero-order chi connectivity index (χ0) is 14.6. The highest BCUT2D eigenvalue weighted by Crippen LogP contribution is 2.10. The molecule has 2 N–H and O–H groups in total. The smallest absolute Gasteiger partial charge is 0.307 e. The van der Waals surface area contributed by atoms with Crippen molar-refractivity contribution in [3.63, 3.8) is 0 Å². The number of aliphatic carboxylic acids is 1. The summed E-state index contributed by atoms with van der Waals surface area (Å²) >= 11 is 0. The zero-order valence-corrected chi connectivity index (χ0v) is 12.1. The Morgan fingerprint density at radius 1 is 1.53 bits per heavy atom. The molecule has 1 unspecified atom stereocenters. The third-order valence-electron chi connectivity index (χ3n) is 2.93. The van der Waals surface area contributed by atoms with Crippen LogP contribution in [0.25, 0.3) is 0 Å². The van der Waals surface area contributed by atoms with E-state index in [9.17, 15) is 13.2 Å². The van der Waals surface area contributed by atoms with Crippen molar-refractivity contribution in [2.75, 3.05) is 6.54 Å². The lowest BCUT2D eigenvalue weighted by Gasteiger charge is -2.10. The van der Waals surface area contributed by atoms with Crippen LogP contribution in [0, 0.1) is 12.8 Å². The fourth-order valence-corrected chi connectivity index (χ4v) is 2.71. The minimum absolute atomic E-state index is 0.0768. The number of nitrogens with one attached hydrogen (secondary N) is 1. The Morgan fingerprint density at radius 2 is 2.16 bits per heavy atom. The van der Waals surface area contributed by atoms with Crippen LogP contribution in [-0.4, -0.2) is 35.6 Å². The first kappa shape index (κ1) is 15.6. The van der Waals surface area contributed by atoms with Crippen LogP contribution in [-0.2, 0) is 21.4 Å². The van der Waals surface area contributed by atoms with E-state index < -0.39 is 21.9 Å². The Morgan fingerprint density at radius 3 is 2.58 bits per heavy atom. The highest BCUT2D eigenvalue weighted by molar-refractivity contribution is 7.89. The van der Waals surface area contributed by atoms with Gasteiger partial charge in [-0.05, 0) is 20.3 Å². The number of hydrogen-bond acceptors (Lipinski definition) is 4. The van der Waals surface area contributed by atoms with Crippen LogP contribution in [0.15, 0.2) is 11.2 Å². The van der Waals surface area contributed by atoms with E-state index >= 15 is 0 Å². The molecule has 0 aromatic carbocycles. The maximum Gasteiger partial charge on any atom is 0.307 e. The Balaban J connectivity index is 2.83. The van der Waals surface area contributed by atoms with Crippen LogP contribution in [0.5, 0.6) is 0 Å². The number of nitrogens with zero attached hydrogens (tertiary/aromatic N) is 2. The van der Waals surface area contributed by atoms with Gasteiger partial charge in [0.05, 0.1) is 5.92 Å². The number of carboxylic acid groups (broad SMARTS) is 1. The molecule has 1 aromatic rings. The highest BCUT2D eigenvalue weighted by atomic mass is 32.2. The van der Waals surface area contributed by atoms with Crippen molar-refractivity contribution in [1.29, 1.82) is 0 Å². The predicted octanol–water partition coefficient (Wildman–Crippen LogP) is 0.601. The predicted molar refractivity (Wildman–Crippen MR) is 69.2 cm³/mol. The van der Waals surface area contributed by atoms with Crippen LogP contribution in [0.1, 0.15) is 26.1 Å². The van der Waals surface area contributed by atoms with Crippen molar-refractivity contribution in [3.8, 4) is 0 Å². The van der Waals surface area contributed by atoms with Gasteiger partial charge in [0, 0.05) is 19.3 Å². The van der Waals surface area contributed by atoms with Crippen molar-refractivity contribution >= 4 is 16.0 Å². The maximum absolute atomic E-state index is 12.0. The monoisotopic (exact) mass is 289 g/mol. The van der Waals surface area contributed by atoms with E-state index in [1.165, 1.54) is 6.20 Å². The lowest BCUT2D eigenvalue weighted by molar-refractivity contribution is -0.141. The molecule has 0 amide bonds. The van der Waals surface area contributed by atoms with E-state index in [-0.39, 0.29) is 11.6 Å². The topological polar surface area (TPSA) is 101 Å². The molecule has 0 aliphatic heterocycles. The van der Waals surface area contributed by atoms with Crippen LogP contribution >= 0.6 is 0 Å². The van der Waals surface area contributed by atoms with Gasteiger partial charge in [-0.15, -0.1) is 0 Å². The molecule has 1 heterocycles. The lowest BCUT2D eigenvalue weighted by atomic mass is 10.1. The first-order valence-electron chi connectivity index (χ1n) is 6.08. The molecule has 0 fully saturated rings.